The fourth-order valence-electron chi connectivity index (χ4n) is 1.68. The van der Waals surface area contributed by atoms with Gasteiger partial charge in [-0.05, 0) is 87.0 Å². The minimum atomic E-state index is -1.36. The van der Waals surface area contributed by atoms with Crippen LogP contribution in [-0.4, -0.2) is 51.8 Å². The van der Waals surface area contributed by atoms with E-state index >= 15 is 0 Å². The van der Waals surface area contributed by atoms with Gasteiger partial charge in [-0.3, -0.25) is 14.9 Å². The van der Waals surface area contributed by atoms with Crippen molar-refractivity contribution in [1.82, 2.24) is 5.32 Å². The number of carboxylic acid groups (broad SMARTS) is 1. The first-order valence-corrected chi connectivity index (χ1v) is 13.2. The first-order chi connectivity index (χ1) is 16.5. The average molecular weight is 555 g/mol. The van der Waals surface area contributed by atoms with E-state index in [4.69, 9.17) is 27.2 Å². The van der Waals surface area contributed by atoms with E-state index in [2.05, 4.69) is 50.3 Å². The Bertz CT molecular complexity index is 653. The molecule has 222 valence electrons. The second kappa shape index (κ2) is 22.0. The standard InChI is InChI=1S/C10H20OS.C6H12N2O3.C5H11NO2.C4H11NO/c1-6-8-9(12-7-2)11-10(3,4)5;1-2-3-4(7)5(9)8-6(10)11;1-5(2,3)8-4(6)7;1-4(2,3)6-5/h8H,6-7H2,1-5H3;4H,2-3,7H2,1H3,(H,8,9)(H,10,11);1-3H3,(H2,6,7);5H2,1-3H3/b9-8+;;;. The third kappa shape index (κ3) is 44.4. The number of nitrogens with two attached hydrogens (primary N) is 3. The highest BCUT2D eigenvalue weighted by molar-refractivity contribution is 8.02. The van der Waals surface area contributed by atoms with E-state index in [0.717, 1.165) is 23.7 Å². The van der Waals surface area contributed by atoms with Crippen LogP contribution >= 0.6 is 11.8 Å². The van der Waals surface area contributed by atoms with Crippen molar-refractivity contribution in [3.8, 4) is 0 Å². The van der Waals surface area contributed by atoms with Crippen molar-refractivity contribution in [2.45, 2.75) is 125 Å². The minimum absolute atomic E-state index is 0.0663. The molecule has 37 heavy (non-hydrogen) atoms. The molecule has 0 aromatic rings. The lowest BCUT2D eigenvalue weighted by Crippen LogP contribution is -2.42. The summed E-state index contributed by atoms with van der Waals surface area (Å²) >= 11 is 1.77. The van der Waals surface area contributed by atoms with Gasteiger partial charge in [0, 0.05) is 0 Å². The van der Waals surface area contributed by atoms with Crippen molar-refractivity contribution < 1.29 is 33.8 Å². The summed E-state index contributed by atoms with van der Waals surface area (Å²) in [6.07, 6.45) is 2.35. The van der Waals surface area contributed by atoms with E-state index in [9.17, 15) is 14.4 Å². The summed E-state index contributed by atoms with van der Waals surface area (Å²) in [5, 5.41) is 10.9. The Hall–Kier alpha value is -2.02. The van der Waals surface area contributed by atoms with Crippen LogP contribution in [0.5, 0.6) is 0 Å². The molecule has 1 unspecified atom stereocenters. The van der Waals surface area contributed by atoms with Crippen LogP contribution in [0.4, 0.5) is 9.59 Å². The molecule has 0 aromatic heterocycles. The second-order valence-electron chi connectivity index (χ2n) is 10.5. The third-order valence-corrected chi connectivity index (χ3v) is 3.81. The zero-order chi connectivity index (χ0) is 30.5. The molecular formula is C25H54N4O7S. The van der Waals surface area contributed by atoms with Crippen LogP contribution in [0, 0.1) is 0 Å². The monoisotopic (exact) mass is 554 g/mol. The number of carbonyl (C=O) groups excluding carboxylic acids is 2. The molecule has 8 N–H and O–H groups in total. The molecule has 0 saturated heterocycles. The quantitative estimate of drug-likeness (QED) is 0.205. The third-order valence-electron chi connectivity index (χ3n) is 2.99. The van der Waals surface area contributed by atoms with Gasteiger partial charge in [-0.15, -0.1) is 0 Å². The number of ether oxygens (including phenoxy) is 2. The number of primary amides is 1. The number of rotatable bonds is 7. The summed E-state index contributed by atoms with van der Waals surface area (Å²) in [7, 11) is 0. The first kappa shape index (κ1) is 42.1. The maximum Gasteiger partial charge on any atom is 0.411 e. The van der Waals surface area contributed by atoms with Crippen molar-refractivity contribution >= 4 is 29.9 Å². The Morgan fingerprint density at radius 2 is 1.35 bits per heavy atom. The van der Waals surface area contributed by atoms with Gasteiger partial charge >= 0.3 is 12.2 Å². The Kier molecular flexibility index (Phi) is 25.0. The maximum absolute atomic E-state index is 10.7. The lowest BCUT2D eigenvalue weighted by atomic mass is 10.2. The summed E-state index contributed by atoms with van der Waals surface area (Å²) in [6.45, 7) is 23.3. The van der Waals surface area contributed by atoms with Crippen LogP contribution in [0.2, 0.25) is 0 Å². The predicted molar refractivity (Wildman–Crippen MR) is 152 cm³/mol. The number of carbonyl (C=O) groups is 3. The highest BCUT2D eigenvalue weighted by Crippen LogP contribution is 2.23. The van der Waals surface area contributed by atoms with E-state index in [1.807, 2.05) is 27.7 Å². The topological polar surface area (TPSA) is 189 Å². The summed E-state index contributed by atoms with van der Waals surface area (Å²) in [4.78, 5) is 35.1. The van der Waals surface area contributed by atoms with Crippen LogP contribution in [-0.2, 0) is 19.1 Å². The first-order valence-electron chi connectivity index (χ1n) is 12.2. The fourth-order valence-corrected chi connectivity index (χ4v) is 2.56. The van der Waals surface area contributed by atoms with Crippen LogP contribution in [0.25, 0.3) is 0 Å². The second-order valence-corrected chi connectivity index (χ2v) is 11.8. The zero-order valence-corrected chi connectivity index (χ0v) is 25.8. The molecule has 0 heterocycles. The van der Waals surface area contributed by atoms with Crippen LogP contribution < -0.4 is 22.7 Å². The van der Waals surface area contributed by atoms with Crippen LogP contribution in [0.1, 0.15) is 102 Å². The Morgan fingerprint density at radius 1 is 0.919 bits per heavy atom. The number of hydrogen-bond donors (Lipinski definition) is 5. The van der Waals surface area contributed by atoms with Crippen molar-refractivity contribution in [2.75, 3.05) is 5.75 Å². The molecule has 0 radical (unpaired) electrons. The molecule has 0 aliphatic rings. The Balaban J connectivity index is -0.000000203. The highest BCUT2D eigenvalue weighted by Gasteiger charge is 2.14. The molecular weight excluding hydrogens is 500 g/mol. The molecule has 12 heteroatoms. The smallest absolute Gasteiger partial charge is 0.411 e. The van der Waals surface area contributed by atoms with Crippen molar-refractivity contribution in [1.29, 1.82) is 0 Å². The van der Waals surface area contributed by atoms with E-state index in [1.54, 1.807) is 37.8 Å². The average Bonchev–Trinajstić information content (AvgIpc) is 2.66. The number of amides is 3. The molecule has 0 fully saturated rings. The molecule has 0 aliphatic carbocycles. The summed E-state index contributed by atoms with van der Waals surface area (Å²) in [5.74, 6) is 5.24. The number of hydrogen-bond acceptors (Lipinski definition) is 9. The van der Waals surface area contributed by atoms with Gasteiger partial charge in [0.05, 0.1) is 11.6 Å². The summed E-state index contributed by atoms with van der Waals surface area (Å²) in [5.41, 5.74) is 9.32. The molecule has 1 atom stereocenters. The molecule has 0 aliphatic heterocycles. The largest absolute Gasteiger partial charge is 0.482 e. The highest BCUT2D eigenvalue weighted by atomic mass is 32.2. The fraction of sp³-hybridized carbons (Fsp3) is 0.800. The van der Waals surface area contributed by atoms with Gasteiger partial charge in [0.1, 0.15) is 16.3 Å². The van der Waals surface area contributed by atoms with E-state index < -0.39 is 29.7 Å². The number of allylic oxidation sites excluding steroid dienone is 1. The molecule has 0 aromatic carbocycles. The van der Waals surface area contributed by atoms with E-state index in [0.29, 0.717) is 6.42 Å². The minimum Gasteiger partial charge on any atom is -0.482 e. The molecule has 0 rings (SSSR count). The lowest BCUT2D eigenvalue weighted by Gasteiger charge is -2.22. The summed E-state index contributed by atoms with van der Waals surface area (Å²) < 4.78 is 10.3. The SMILES string of the molecule is CC(C)(C)OC(N)=O.CC(C)(C)ON.CC/C=C(\OC(C)(C)C)SCC.CCCC(N)C(=O)NC(=O)O. The van der Waals surface area contributed by atoms with Gasteiger partial charge in [0.2, 0.25) is 5.91 Å². The Labute approximate surface area is 228 Å². The van der Waals surface area contributed by atoms with Gasteiger partial charge in [-0.1, -0.05) is 39.0 Å². The van der Waals surface area contributed by atoms with Gasteiger partial charge < -0.3 is 26.0 Å². The molecule has 0 spiro atoms. The van der Waals surface area contributed by atoms with E-state index in [1.165, 1.54) is 0 Å². The number of thioether (sulfide) groups is 1. The molecule has 0 saturated carbocycles. The van der Waals surface area contributed by atoms with Gasteiger partial charge in [0.15, 0.2) is 0 Å². The normalized spacial score (nSPS) is 12.2. The van der Waals surface area contributed by atoms with Crippen molar-refractivity contribution in [3.05, 3.63) is 11.2 Å². The Morgan fingerprint density at radius 3 is 1.57 bits per heavy atom. The predicted octanol–water partition coefficient (Wildman–Crippen LogP) is 5.27. The van der Waals surface area contributed by atoms with E-state index in [-0.39, 0.29) is 11.2 Å². The van der Waals surface area contributed by atoms with Crippen molar-refractivity contribution in [3.63, 3.8) is 0 Å². The van der Waals surface area contributed by atoms with Crippen LogP contribution in [0.15, 0.2) is 11.2 Å². The molecule has 11 nitrogen and oxygen atoms in total. The number of nitrogens with one attached hydrogen (secondary N) is 1. The lowest BCUT2D eigenvalue weighted by molar-refractivity contribution is -0.121. The van der Waals surface area contributed by atoms with Gasteiger partial charge in [-0.2, -0.15) is 0 Å². The van der Waals surface area contributed by atoms with Crippen molar-refractivity contribution in [2.24, 2.45) is 17.4 Å². The van der Waals surface area contributed by atoms with Gasteiger partial charge in [0.25, 0.3) is 0 Å². The number of imide groups is 1. The molecule has 3 amide bonds. The summed E-state index contributed by atoms with van der Waals surface area (Å²) in [6, 6.07) is -0.712. The van der Waals surface area contributed by atoms with Crippen LogP contribution in [0.3, 0.4) is 0 Å². The zero-order valence-electron chi connectivity index (χ0n) is 25.0. The molecule has 0 bridgehead atoms. The van der Waals surface area contributed by atoms with Gasteiger partial charge in [-0.25, -0.2) is 15.5 Å². The maximum atomic E-state index is 10.7.